The van der Waals surface area contributed by atoms with E-state index in [0.717, 1.165) is 52.4 Å². The summed E-state index contributed by atoms with van der Waals surface area (Å²) in [6, 6.07) is 11.1. The van der Waals surface area contributed by atoms with Gasteiger partial charge in [0.25, 0.3) is 0 Å². The van der Waals surface area contributed by atoms with Crippen molar-refractivity contribution in [3.63, 3.8) is 0 Å². The summed E-state index contributed by atoms with van der Waals surface area (Å²) in [6.45, 7) is 7.10. The SMILES string of the molecule is CCOC(=O)Oc1[nH]c2cc(C)cc(C)c2c1CNCC1CCCCC1(O)c1cccc(O)c1. The molecule has 182 valence electrons. The number of H-pyrrole nitrogens is 1. The van der Waals surface area contributed by atoms with E-state index in [1.165, 1.54) is 0 Å². The third-order valence-electron chi connectivity index (χ3n) is 6.83. The van der Waals surface area contributed by atoms with Crippen LogP contribution in [0.15, 0.2) is 36.4 Å². The number of nitrogens with one attached hydrogen (secondary N) is 2. The highest BCUT2D eigenvalue weighted by Gasteiger charge is 2.40. The quantitative estimate of drug-likeness (QED) is 0.357. The van der Waals surface area contributed by atoms with Gasteiger partial charge in [-0.2, -0.15) is 0 Å². The second kappa shape index (κ2) is 10.1. The Bertz CT molecular complexity index is 1170. The number of hydrogen-bond acceptors (Lipinski definition) is 6. The molecule has 2 aromatic carbocycles. The average molecular weight is 467 g/mol. The highest BCUT2D eigenvalue weighted by atomic mass is 16.7. The highest BCUT2D eigenvalue weighted by Crippen LogP contribution is 2.42. The van der Waals surface area contributed by atoms with E-state index < -0.39 is 11.8 Å². The van der Waals surface area contributed by atoms with Crippen LogP contribution in [0.4, 0.5) is 4.79 Å². The second-order valence-corrected chi connectivity index (χ2v) is 9.27. The molecule has 1 aliphatic carbocycles. The molecule has 0 spiro atoms. The summed E-state index contributed by atoms with van der Waals surface area (Å²) in [5.74, 6) is 0.529. The topological polar surface area (TPSA) is 104 Å². The van der Waals surface area contributed by atoms with Crippen molar-refractivity contribution in [1.82, 2.24) is 10.3 Å². The Hall–Kier alpha value is -3.03. The first-order valence-corrected chi connectivity index (χ1v) is 12.0. The Morgan fingerprint density at radius 1 is 1.24 bits per heavy atom. The first-order chi connectivity index (χ1) is 16.3. The zero-order valence-electron chi connectivity index (χ0n) is 20.1. The van der Waals surface area contributed by atoms with Gasteiger partial charge in [-0.15, -0.1) is 0 Å². The molecule has 34 heavy (non-hydrogen) atoms. The Morgan fingerprint density at radius 3 is 2.82 bits per heavy atom. The minimum absolute atomic E-state index is 0.00831. The van der Waals surface area contributed by atoms with Crippen molar-refractivity contribution in [3.8, 4) is 11.6 Å². The number of phenolic OH excluding ortho intramolecular Hbond substituents is 1. The molecule has 3 aromatic rings. The maximum absolute atomic E-state index is 12.0. The van der Waals surface area contributed by atoms with Gasteiger partial charge < -0.3 is 30.0 Å². The van der Waals surface area contributed by atoms with Crippen LogP contribution in [0.25, 0.3) is 10.9 Å². The number of aliphatic hydroxyl groups is 1. The predicted octanol–water partition coefficient (Wildman–Crippen LogP) is 5.19. The van der Waals surface area contributed by atoms with E-state index in [0.29, 0.717) is 25.4 Å². The number of aryl methyl sites for hydroxylation is 2. The summed E-state index contributed by atoms with van der Waals surface area (Å²) in [5, 5.41) is 26.1. The molecule has 0 radical (unpaired) electrons. The van der Waals surface area contributed by atoms with Crippen LogP contribution in [0, 0.1) is 19.8 Å². The van der Waals surface area contributed by atoms with Gasteiger partial charge in [-0.25, -0.2) is 4.79 Å². The van der Waals surface area contributed by atoms with E-state index in [4.69, 9.17) is 9.47 Å². The zero-order chi connectivity index (χ0) is 24.3. The molecule has 0 aliphatic heterocycles. The fourth-order valence-electron chi connectivity index (χ4n) is 5.29. The molecule has 7 heteroatoms. The van der Waals surface area contributed by atoms with Crippen molar-refractivity contribution in [2.75, 3.05) is 13.2 Å². The number of hydrogen-bond donors (Lipinski definition) is 4. The van der Waals surface area contributed by atoms with Crippen LogP contribution in [-0.2, 0) is 16.9 Å². The third-order valence-corrected chi connectivity index (χ3v) is 6.83. The molecule has 2 unspecified atom stereocenters. The Morgan fingerprint density at radius 2 is 2.06 bits per heavy atom. The Labute approximate surface area is 200 Å². The summed E-state index contributed by atoms with van der Waals surface area (Å²) in [4.78, 5) is 15.3. The maximum Gasteiger partial charge on any atom is 0.515 e. The summed E-state index contributed by atoms with van der Waals surface area (Å²) in [7, 11) is 0. The molecule has 1 fully saturated rings. The molecule has 1 heterocycles. The smallest absolute Gasteiger partial charge is 0.508 e. The van der Waals surface area contributed by atoms with Crippen LogP contribution in [0.1, 0.15) is 54.9 Å². The van der Waals surface area contributed by atoms with Crippen molar-refractivity contribution in [2.24, 2.45) is 5.92 Å². The Kier molecular flexibility index (Phi) is 7.14. The van der Waals surface area contributed by atoms with Gasteiger partial charge in [0.2, 0.25) is 5.88 Å². The number of carbonyl (C=O) groups is 1. The van der Waals surface area contributed by atoms with Gasteiger partial charge in [-0.3, -0.25) is 0 Å². The van der Waals surface area contributed by atoms with Gasteiger partial charge in [0.15, 0.2) is 0 Å². The average Bonchev–Trinajstić information content (AvgIpc) is 3.12. The molecule has 0 saturated heterocycles. The standard InChI is InChI=1S/C27H34N2O5/c1-4-33-26(31)34-25-22(24-18(3)12-17(2)13-23(24)29-25)16-28-15-20-8-5-6-11-27(20,32)19-9-7-10-21(30)14-19/h7,9-10,12-14,20,28-30,32H,4-6,8,11,15-16H2,1-3H3. The number of aromatic hydroxyl groups is 1. The fourth-order valence-corrected chi connectivity index (χ4v) is 5.29. The van der Waals surface area contributed by atoms with E-state index in [2.05, 4.69) is 16.4 Å². The lowest BCUT2D eigenvalue weighted by Crippen LogP contribution is -2.43. The normalized spacial score (nSPS) is 20.4. The van der Waals surface area contributed by atoms with Crippen LogP contribution in [-0.4, -0.2) is 34.5 Å². The van der Waals surface area contributed by atoms with Gasteiger partial charge in [0.1, 0.15) is 5.75 Å². The molecule has 0 amide bonds. The molecule has 4 rings (SSSR count). The van der Waals surface area contributed by atoms with Crippen molar-refractivity contribution in [3.05, 3.63) is 58.7 Å². The van der Waals surface area contributed by atoms with Crippen LogP contribution in [0.2, 0.25) is 0 Å². The fraction of sp³-hybridized carbons (Fsp3) is 0.444. The molecular formula is C27H34N2O5. The largest absolute Gasteiger partial charge is 0.515 e. The number of benzene rings is 2. The van der Waals surface area contributed by atoms with Gasteiger partial charge in [-0.1, -0.05) is 31.0 Å². The number of fused-ring (bicyclic) bond motifs is 1. The molecule has 2 atom stereocenters. The lowest BCUT2D eigenvalue weighted by Gasteiger charge is -2.40. The minimum Gasteiger partial charge on any atom is -0.508 e. The van der Waals surface area contributed by atoms with E-state index >= 15 is 0 Å². The van der Waals surface area contributed by atoms with Crippen LogP contribution in [0.3, 0.4) is 0 Å². The van der Waals surface area contributed by atoms with Gasteiger partial charge >= 0.3 is 6.16 Å². The Balaban J connectivity index is 1.57. The van der Waals surface area contributed by atoms with Crippen molar-refractivity contribution < 1.29 is 24.5 Å². The second-order valence-electron chi connectivity index (χ2n) is 9.27. The minimum atomic E-state index is -0.999. The molecule has 7 nitrogen and oxygen atoms in total. The van der Waals surface area contributed by atoms with Crippen LogP contribution >= 0.6 is 0 Å². The molecule has 1 saturated carbocycles. The number of ether oxygens (including phenoxy) is 2. The maximum atomic E-state index is 12.0. The van der Waals surface area contributed by atoms with Crippen molar-refractivity contribution >= 4 is 17.1 Å². The molecular weight excluding hydrogens is 432 g/mol. The third kappa shape index (κ3) is 4.91. The molecule has 1 aromatic heterocycles. The molecule has 1 aliphatic rings. The number of aromatic nitrogens is 1. The summed E-state index contributed by atoms with van der Waals surface area (Å²) in [6.07, 6.45) is 2.80. The van der Waals surface area contributed by atoms with Crippen LogP contribution < -0.4 is 10.1 Å². The van der Waals surface area contributed by atoms with E-state index in [1.807, 2.05) is 26.0 Å². The van der Waals surface area contributed by atoms with Crippen molar-refractivity contribution in [1.29, 1.82) is 0 Å². The number of rotatable bonds is 7. The summed E-state index contributed by atoms with van der Waals surface area (Å²) < 4.78 is 10.5. The summed E-state index contributed by atoms with van der Waals surface area (Å²) >= 11 is 0. The van der Waals surface area contributed by atoms with Crippen LogP contribution in [0.5, 0.6) is 11.6 Å². The zero-order valence-corrected chi connectivity index (χ0v) is 20.1. The first-order valence-electron chi connectivity index (χ1n) is 12.0. The lowest BCUT2D eigenvalue weighted by atomic mass is 9.71. The van der Waals surface area contributed by atoms with Gasteiger partial charge in [-0.05, 0) is 68.5 Å². The summed E-state index contributed by atoms with van der Waals surface area (Å²) in [5.41, 5.74) is 3.73. The number of carbonyl (C=O) groups excluding carboxylic acids is 1. The van der Waals surface area contributed by atoms with Crippen molar-refractivity contribution in [2.45, 2.75) is 58.6 Å². The van der Waals surface area contributed by atoms with E-state index in [9.17, 15) is 15.0 Å². The first kappa shape index (κ1) is 24.1. The highest BCUT2D eigenvalue weighted by molar-refractivity contribution is 5.90. The van der Waals surface area contributed by atoms with E-state index in [-0.39, 0.29) is 18.3 Å². The van der Waals surface area contributed by atoms with E-state index in [1.54, 1.807) is 25.1 Å². The van der Waals surface area contributed by atoms with Gasteiger partial charge in [0, 0.05) is 35.5 Å². The predicted molar refractivity (Wildman–Crippen MR) is 131 cm³/mol. The number of phenols is 1. The molecule has 4 N–H and O–H groups in total. The number of aromatic amines is 1. The monoisotopic (exact) mass is 466 g/mol. The lowest BCUT2D eigenvalue weighted by molar-refractivity contribution is -0.0538. The van der Waals surface area contributed by atoms with Gasteiger partial charge in [0.05, 0.1) is 12.2 Å². The molecule has 0 bridgehead atoms.